The normalized spacial score (nSPS) is 12.5. The molecule has 0 unspecified atom stereocenters. The van der Waals surface area contributed by atoms with E-state index in [1.165, 1.54) is 12.1 Å². The van der Waals surface area contributed by atoms with Crippen molar-refractivity contribution in [2.75, 3.05) is 11.1 Å². The number of benzene rings is 2. The van der Waals surface area contributed by atoms with Gasteiger partial charge in [0.1, 0.15) is 0 Å². The van der Waals surface area contributed by atoms with Crippen molar-refractivity contribution in [1.29, 1.82) is 0 Å². The molecule has 14 heteroatoms. The number of halogens is 6. The average Bonchev–Trinajstić information content (AvgIpc) is 3.17. The van der Waals surface area contributed by atoms with Gasteiger partial charge >= 0.3 is 6.18 Å². The van der Waals surface area contributed by atoms with E-state index in [1.54, 1.807) is 17.7 Å². The molecule has 0 saturated heterocycles. The third-order valence-corrected chi connectivity index (χ3v) is 7.17. The molecule has 3 rings (SSSR count). The van der Waals surface area contributed by atoms with Crippen LogP contribution in [0.15, 0.2) is 41.6 Å². The van der Waals surface area contributed by atoms with Crippen LogP contribution in [0.3, 0.4) is 0 Å². The highest BCUT2D eigenvalue weighted by Gasteiger charge is 2.31. The molecule has 0 bridgehead atoms. The lowest BCUT2D eigenvalue weighted by Crippen LogP contribution is -2.31. The monoisotopic (exact) mass is 607 g/mol. The number of alkyl halides is 3. The molecule has 38 heavy (non-hydrogen) atoms. The molecule has 1 heterocycles. The molecular formula is C24H23Cl3F3N5O2S. The van der Waals surface area contributed by atoms with Gasteiger partial charge in [-0.2, -0.15) is 13.2 Å². The molecule has 0 saturated carbocycles. The Kier molecular flexibility index (Phi) is 9.96. The molecule has 2 amide bonds. The Morgan fingerprint density at radius 1 is 1.05 bits per heavy atom. The Hall–Kier alpha value is -2.47. The minimum atomic E-state index is -4.57. The molecule has 0 spiro atoms. The van der Waals surface area contributed by atoms with Crippen LogP contribution in [0.1, 0.15) is 48.1 Å². The third-order valence-electron chi connectivity index (χ3n) is 5.27. The fourth-order valence-corrected chi connectivity index (χ4v) is 4.86. The van der Waals surface area contributed by atoms with E-state index in [4.69, 9.17) is 34.8 Å². The smallest absolute Gasteiger partial charge is 0.342 e. The highest BCUT2D eigenvalue weighted by atomic mass is 35.5. The van der Waals surface area contributed by atoms with Gasteiger partial charge in [-0.3, -0.25) is 9.59 Å². The molecule has 7 nitrogen and oxygen atoms in total. The Morgan fingerprint density at radius 2 is 1.76 bits per heavy atom. The standard InChI is InChI=1S/C24H23Cl3F3N5O2S/c1-12(2)8-19(32-22(37)15-6-5-14(25)10-17(15)27)21-33-34-23(35(21)3)38-11-20(36)31-18-9-13(24(28,29)30)4-7-16(18)26/h4-7,9-10,12,19H,8,11H2,1-3H3,(H,31,36)(H,32,37)/t19-/m1/s1. The number of nitrogens with one attached hydrogen (secondary N) is 2. The highest BCUT2D eigenvalue weighted by Crippen LogP contribution is 2.34. The number of anilines is 1. The number of aromatic nitrogens is 3. The maximum Gasteiger partial charge on any atom is 0.416 e. The van der Waals surface area contributed by atoms with Crippen LogP contribution in [-0.2, 0) is 18.0 Å². The number of nitrogens with zero attached hydrogens (tertiary/aromatic N) is 3. The van der Waals surface area contributed by atoms with Gasteiger partial charge in [0.25, 0.3) is 5.91 Å². The van der Waals surface area contributed by atoms with Crippen molar-refractivity contribution in [3.05, 3.63) is 68.4 Å². The van der Waals surface area contributed by atoms with E-state index in [0.717, 1.165) is 30.0 Å². The summed E-state index contributed by atoms with van der Waals surface area (Å²) in [6.07, 6.45) is -4.03. The van der Waals surface area contributed by atoms with Crippen LogP contribution in [0, 0.1) is 5.92 Å². The van der Waals surface area contributed by atoms with Crippen LogP contribution in [-0.4, -0.2) is 32.3 Å². The summed E-state index contributed by atoms with van der Waals surface area (Å²) in [5.41, 5.74) is -0.821. The maximum absolute atomic E-state index is 13.0. The summed E-state index contributed by atoms with van der Waals surface area (Å²) in [6, 6.07) is 6.73. The molecule has 0 aliphatic heterocycles. The molecule has 1 atom stereocenters. The molecule has 2 N–H and O–H groups in total. The largest absolute Gasteiger partial charge is 0.416 e. The lowest BCUT2D eigenvalue weighted by Gasteiger charge is -2.20. The predicted octanol–water partition coefficient (Wildman–Crippen LogP) is 7.04. The number of hydrogen-bond acceptors (Lipinski definition) is 5. The molecule has 0 aliphatic rings. The molecule has 2 aromatic carbocycles. The van der Waals surface area contributed by atoms with Crippen LogP contribution >= 0.6 is 46.6 Å². The van der Waals surface area contributed by atoms with E-state index in [2.05, 4.69) is 20.8 Å². The number of rotatable bonds is 9. The molecule has 0 radical (unpaired) electrons. The fraction of sp³-hybridized carbons (Fsp3) is 0.333. The SMILES string of the molecule is CC(C)C[C@@H](NC(=O)c1ccc(Cl)cc1Cl)c1nnc(SCC(=O)Nc2cc(C(F)(F)F)ccc2Cl)n1C. The van der Waals surface area contributed by atoms with Gasteiger partial charge < -0.3 is 15.2 Å². The van der Waals surface area contributed by atoms with Gasteiger partial charge in [-0.15, -0.1) is 10.2 Å². The van der Waals surface area contributed by atoms with Crippen molar-refractivity contribution < 1.29 is 22.8 Å². The van der Waals surface area contributed by atoms with E-state index in [1.807, 2.05) is 13.8 Å². The molecule has 1 aromatic heterocycles. The Bertz CT molecular complexity index is 1330. The second-order valence-corrected chi connectivity index (χ2v) is 10.9. The quantitative estimate of drug-likeness (QED) is 0.254. The first kappa shape index (κ1) is 30.1. The van der Waals surface area contributed by atoms with E-state index in [9.17, 15) is 22.8 Å². The fourth-order valence-electron chi connectivity index (χ4n) is 3.48. The van der Waals surface area contributed by atoms with E-state index < -0.39 is 29.6 Å². The van der Waals surface area contributed by atoms with Crippen molar-refractivity contribution in [3.63, 3.8) is 0 Å². The van der Waals surface area contributed by atoms with Crippen molar-refractivity contribution in [2.24, 2.45) is 13.0 Å². The average molecular weight is 609 g/mol. The second-order valence-electron chi connectivity index (χ2n) is 8.71. The van der Waals surface area contributed by atoms with Crippen molar-refractivity contribution in [1.82, 2.24) is 20.1 Å². The van der Waals surface area contributed by atoms with Gasteiger partial charge in [0.15, 0.2) is 11.0 Å². The summed E-state index contributed by atoms with van der Waals surface area (Å²) >= 11 is 19.1. The van der Waals surface area contributed by atoms with Crippen LogP contribution < -0.4 is 10.6 Å². The van der Waals surface area contributed by atoms with E-state index in [0.29, 0.717) is 22.4 Å². The van der Waals surface area contributed by atoms with E-state index in [-0.39, 0.29) is 33.0 Å². The van der Waals surface area contributed by atoms with Gasteiger partial charge in [0.05, 0.1) is 38.7 Å². The van der Waals surface area contributed by atoms with Crippen LogP contribution in [0.25, 0.3) is 0 Å². The summed E-state index contributed by atoms with van der Waals surface area (Å²) in [6.45, 7) is 3.98. The highest BCUT2D eigenvalue weighted by molar-refractivity contribution is 7.99. The van der Waals surface area contributed by atoms with E-state index >= 15 is 0 Å². The molecule has 0 fully saturated rings. The zero-order valence-corrected chi connectivity index (χ0v) is 23.5. The summed E-state index contributed by atoms with van der Waals surface area (Å²) < 4.78 is 40.6. The number of carbonyl (C=O) groups is 2. The minimum absolute atomic E-state index is 0.0228. The van der Waals surface area contributed by atoms with Crippen LogP contribution in [0.2, 0.25) is 15.1 Å². The van der Waals surface area contributed by atoms with Gasteiger partial charge in [0, 0.05) is 12.1 Å². The number of thioether (sulfide) groups is 1. The van der Waals surface area contributed by atoms with Crippen molar-refractivity contribution in [3.8, 4) is 0 Å². The molecule has 3 aromatic rings. The Morgan fingerprint density at radius 3 is 2.39 bits per heavy atom. The first-order chi connectivity index (χ1) is 17.8. The number of amides is 2. The van der Waals surface area contributed by atoms with Gasteiger partial charge in [-0.25, -0.2) is 0 Å². The predicted molar refractivity (Wildman–Crippen MR) is 143 cm³/mol. The lowest BCUT2D eigenvalue weighted by atomic mass is 10.0. The summed E-state index contributed by atoms with van der Waals surface area (Å²) in [4.78, 5) is 25.4. The Labute approximate surface area is 236 Å². The zero-order chi connectivity index (χ0) is 28.2. The number of carbonyl (C=O) groups excluding carboxylic acids is 2. The van der Waals surface area contributed by atoms with Crippen LogP contribution in [0.4, 0.5) is 18.9 Å². The molecule has 0 aliphatic carbocycles. The first-order valence-corrected chi connectivity index (χ1v) is 13.3. The third kappa shape index (κ3) is 7.78. The van der Waals surface area contributed by atoms with Gasteiger partial charge in [0.2, 0.25) is 5.91 Å². The summed E-state index contributed by atoms with van der Waals surface area (Å²) in [7, 11) is 1.69. The summed E-state index contributed by atoms with van der Waals surface area (Å²) in [5.74, 6) is -0.505. The number of hydrogen-bond donors (Lipinski definition) is 2. The lowest BCUT2D eigenvalue weighted by molar-refractivity contribution is -0.137. The zero-order valence-electron chi connectivity index (χ0n) is 20.4. The van der Waals surface area contributed by atoms with Crippen molar-refractivity contribution in [2.45, 2.75) is 37.6 Å². The van der Waals surface area contributed by atoms with Crippen LogP contribution in [0.5, 0.6) is 0 Å². The summed E-state index contributed by atoms with van der Waals surface area (Å²) in [5, 5.41) is 14.6. The second kappa shape index (κ2) is 12.6. The minimum Gasteiger partial charge on any atom is -0.342 e. The first-order valence-electron chi connectivity index (χ1n) is 11.2. The molecular weight excluding hydrogens is 586 g/mol. The Balaban J connectivity index is 1.71. The van der Waals surface area contributed by atoms with Crippen molar-refractivity contribution >= 4 is 64.1 Å². The topological polar surface area (TPSA) is 88.9 Å². The molecule has 204 valence electrons. The van der Waals surface area contributed by atoms with Gasteiger partial charge in [-0.05, 0) is 48.7 Å². The maximum atomic E-state index is 13.0. The van der Waals surface area contributed by atoms with Gasteiger partial charge in [-0.1, -0.05) is 60.4 Å².